The van der Waals surface area contributed by atoms with Crippen LogP contribution in [0.2, 0.25) is 0 Å². The number of benzene rings is 3. The molecule has 3 aromatic carbocycles. The van der Waals surface area contributed by atoms with E-state index in [4.69, 9.17) is 11.5 Å². The Labute approximate surface area is 139 Å². The topological polar surface area (TPSA) is 86.2 Å². The second-order valence-corrected chi connectivity index (χ2v) is 5.49. The Bertz CT molecular complexity index is 915. The number of carbonyl (C=O) groups excluding carboxylic acids is 2. The Morgan fingerprint density at radius 3 is 1.62 bits per heavy atom. The van der Waals surface area contributed by atoms with E-state index in [1.54, 1.807) is 72.8 Å². The molecule has 0 aliphatic carbocycles. The molecule has 0 atom stereocenters. The molecular weight excluding hydrogens is 300 g/mol. The van der Waals surface area contributed by atoms with Gasteiger partial charge < -0.3 is 11.5 Å². The van der Waals surface area contributed by atoms with E-state index in [-0.39, 0.29) is 11.6 Å². The number of ketones is 2. The Kier molecular flexibility index (Phi) is 4.12. The normalized spacial score (nSPS) is 10.3. The van der Waals surface area contributed by atoms with Crippen molar-refractivity contribution in [3.05, 3.63) is 95.1 Å². The molecule has 4 heteroatoms. The van der Waals surface area contributed by atoms with E-state index in [0.717, 1.165) is 0 Å². The smallest absolute Gasteiger partial charge is 0.193 e. The molecule has 0 unspecified atom stereocenters. The zero-order chi connectivity index (χ0) is 17.1. The minimum Gasteiger partial charge on any atom is -0.399 e. The second-order valence-electron chi connectivity index (χ2n) is 5.49. The van der Waals surface area contributed by atoms with E-state index in [1.807, 2.05) is 0 Å². The lowest BCUT2D eigenvalue weighted by molar-refractivity contribution is 0.103. The van der Waals surface area contributed by atoms with Crippen LogP contribution in [-0.2, 0) is 0 Å². The maximum atomic E-state index is 12.6. The van der Waals surface area contributed by atoms with E-state index >= 15 is 0 Å². The summed E-state index contributed by atoms with van der Waals surface area (Å²) in [6.07, 6.45) is 0. The highest BCUT2D eigenvalue weighted by atomic mass is 16.1. The molecule has 0 fully saturated rings. The predicted octanol–water partition coefficient (Wildman–Crippen LogP) is 3.31. The summed E-state index contributed by atoms with van der Waals surface area (Å²) < 4.78 is 0. The van der Waals surface area contributed by atoms with Crippen molar-refractivity contribution in [3.8, 4) is 0 Å². The van der Waals surface area contributed by atoms with Crippen molar-refractivity contribution < 1.29 is 9.59 Å². The summed E-state index contributed by atoms with van der Waals surface area (Å²) in [7, 11) is 0. The van der Waals surface area contributed by atoms with E-state index in [9.17, 15) is 9.59 Å². The van der Waals surface area contributed by atoms with Crippen LogP contribution in [0.25, 0.3) is 0 Å². The summed E-state index contributed by atoms with van der Waals surface area (Å²) >= 11 is 0. The van der Waals surface area contributed by atoms with Crippen LogP contribution in [0.4, 0.5) is 11.4 Å². The van der Waals surface area contributed by atoms with Gasteiger partial charge in [0.05, 0.1) is 0 Å². The molecule has 0 bridgehead atoms. The highest BCUT2D eigenvalue weighted by molar-refractivity contribution is 6.13. The predicted molar refractivity (Wildman–Crippen MR) is 95.0 cm³/mol. The molecule has 0 radical (unpaired) electrons. The van der Waals surface area contributed by atoms with Crippen molar-refractivity contribution in [2.45, 2.75) is 0 Å². The molecule has 4 N–H and O–H groups in total. The van der Waals surface area contributed by atoms with Crippen LogP contribution in [0.5, 0.6) is 0 Å². The lowest BCUT2D eigenvalue weighted by atomic mass is 9.97. The molecule has 3 aromatic rings. The molecule has 0 spiro atoms. The van der Waals surface area contributed by atoms with Gasteiger partial charge in [-0.25, -0.2) is 0 Å². The van der Waals surface area contributed by atoms with E-state index in [1.165, 1.54) is 0 Å². The molecular formula is C20H16N2O2. The Balaban J connectivity index is 1.93. The fourth-order valence-electron chi connectivity index (χ4n) is 2.45. The molecule has 24 heavy (non-hydrogen) atoms. The van der Waals surface area contributed by atoms with Crippen LogP contribution >= 0.6 is 0 Å². The minimum atomic E-state index is -0.172. The second kappa shape index (κ2) is 6.38. The third-order valence-electron chi connectivity index (χ3n) is 3.71. The van der Waals surface area contributed by atoms with Gasteiger partial charge >= 0.3 is 0 Å². The summed E-state index contributed by atoms with van der Waals surface area (Å²) in [5.74, 6) is -0.327. The number of anilines is 2. The standard InChI is InChI=1S/C20H16N2O2/c21-17-9-7-13(8-10-17)19(23)14-3-1-4-15(11-14)20(24)16-5-2-6-18(22)12-16/h1-12H,21-22H2. The van der Waals surface area contributed by atoms with Crippen molar-refractivity contribution in [3.63, 3.8) is 0 Å². The molecule has 0 aliphatic heterocycles. The van der Waals surface area contributed by atoms with Gasteiger partial charge in [-0.1, -0.05) is 30.3 Å². The van der Waals surface area contributed by atoms with Crippen molar-refractivity contribution in [2.75, 3.05) is 11.5 Å². The lowest BCUT2D eigenvalue weighted by Gasteiger charge is -2.06. The molecule has 118 valence electrons. The fraction of sp³-hybridized carbons (Fsp3) is 0. The van der Waals surface area contributed by atoms with Gasteiger partial charge in [-0.3, -0.25) is 9.59 Å². The first-order valence-corrected chi connectivity index (χ1v) is 7.45. The average Bonchev–Trinajstić information content (AvgIpc) is 2.61. The molecule has 0 aromatic heterocycles. The van der Waals surface area contributed by atoms with E-state index in [2.05, 4.69) is 0 Å². The van der Waals surface area contributed by atoms with Gasteiger partial charge in [-0.2, -0.15) is 0 Å². The third kappa shape index (κ3) is 3.17. The Morgan fingerprint density at radius 2 is 1.04 bits per heavy atom. The average molecular weight is 316 g/mol. The number of hydrogen-bond donors (Lipinski definition) is 2. The summed E-state index contributed by atoms with van der Waals surface area (Å²) in [4.78, 5) is 25.1. The number of nitrogen functional groups attached to an aromatic ring is 2. The van der Waals surface area contributed by atoms with Crippen LogP contribution in [-0.4, -0.2) is 11.6 Å². The van der Waals surface area contributed by atoms with Crippen molar-refractivity contribution in [2.24, 2.45) is 0 Å². The molecule has 0 saturated heterocycles. The molecule has 0 heterocycles. The van der Waals surface area contributed by atoms with Crippen molar-refractivity contribution in [1.29, 1.82) is 0 Å². The first kappa shape index (κ1) is 15.5. The highest BCUT2D eigenvalue weighted by Crippen LogP contribution is 2.17. The summed E-state index contributed by atoms with van der Waals surface area (Å²) in [5.41, 5.74) is 14.4. The highest BCUT2D eigenvalue weighted by Gasteiger charge is 2.14. The zero-order valence-electron chi connectivity index (χ0n) is 12.9. The number of nitrogens with two attached hydrogens (primary N) is 2. The Hall–Kier alpha value is -3.40. The maximum absolute atomic E-state index is 12.6. The monoisotopic (exact) mass is 316 g/mol. The van der Waals surface area contributed by atoms with Gasteiger partial charge in [-0.15, -0.1) is 0 Å². The van der Waals surface area contributed by atoms with Crippen molar-refractivity contribution in [1.82, 2.24) is 0 Å². The number of rotatable bonds is 4. The van der Waals surface area contributed by atoms with Gasteiger partial charge in [0.15, 0.2) is 11.6 Å². The largest absolute Gasteiger partial charge is 0.399 e. The van der Waals surface area contributed by atoms with E-state index in [0.29, 0.717) is 33.6 Å². The van der Waals surface area contributed by atoms with Gasteiger partial charge in [0.2, 0.25) is 0 Å². The quantitative estimate of drug-likeness (QED) is 0.571. The zero-order valence-corrected chi connectivity index (χ0v) is 12.9. The van der Waals surface area contributed by atoms with Crippen LogP contribution in [0, 0.1) is 0 Å². The first-order chi connectivity index (χ1) is 11.5. The third-order valence-corrected chi connectivity index (χ3v) is 3.71. The first-order valence-electron chi connectivity index (χ1n) is 7.45. The fourth-order valence-corrected chi connectivity index (χ4v) is 2.45. The van der Waals surface area contributed by atoms with E-state index < -0.39 is 0 Å². The maximum Gasteiger partial charge on any atom is 0.193 e. The van der Waals surface area contributed by atoms with Gasteiger partial charge in [0.25, 0.3) is 0 Å². The summed E-state index contributed by atoms with van der Waals surface area (Å²) in [6, 6.07) is 20.1. The summed E-state index contributed by atoms with van der Waals surface area (Å²) in [6.45, 7) is 0. The summed E-state index contributed by atoms with van der Waals surface area (Å²) in [5, 5.41) is 0. The minimum absolute atomic E-state index is 0.155. The van der Waals surface area contributed by atoms with Crippen LogP contribution in [0.1, 0.15) is 31.8 Å². The van der Waals surface area contributed by atoms with Crippen LogP contribution in [0.15, 0.2) is 72.8 Å². The van der Waals surface area contributed by atoms with Gasteiger partial charge in [0, 0.05) is 33.6 Å². The molecule has 4 nitrogen and oxygen atoms in total. The molecule has 3 rings (SSSR count). The van der Waals surface area contributed by atoms with Gasteiger partial charge in [0.1, 0.15) is 0 Å². The Morgan fingerprint density at radius 1 is 0.542 bits per heavy atom. The molecule has 0 aliphatic rings. The lowest BCUT2D eigenvalue weighted by Crippen LogP contribution is -2.06. The molecule has 0 saturated carbocycles. The van der Waals surface area contributed by atoms with Crippen molar-refractivity contribution >= 4 is 22.9 Å². The molecule has 0 amide bonds. The number of hydrogen-bond acceptors (Lipinski definition) is 4. The van der Waals surface area contributed by atoms with Gasteiger partial charge in [-0.05, 0) is 42.5 Å². The van der Waals surface area contributed by atoms with Crippen LogP contribution in [0.3, 0.4) is 0 Å². The van der Waals surface area contributed by atoms with Crippen LogP contribution < -0.4 is 11.5 Å². The number of carbonyl (C=O) groups is 2. The SMILES string of the molecule is Nc1ccc(C(=O)c2cccc(C(=O)c3cccc(N)c3)c2)cc1.